The number of hydrogen-bond acceptors (Lipinski definition) is 4. The van der Waals surface area contributed by atoms with E-state index in [0.29, 0.717) is 0 Å². The van der Waals surface area contributed by atoms with Crippen LogP contribution in [0.5, 0.6) is 0 Å². The Morgan fingerprint density at radius 1 is 1.00 bits per heavy atom. The summed E-state index contributed by atoms with van der Waals surface area (Å²) in [7, 11) is 0. The maximum atomic E-state index is 4.21. The molecule has 0 radical (unpaired) electrons. The van der Waals surface area contributed by atoms with Crippen molar-refractivity contribution in [3.8, 4) is 0 Å². The van der Waals surface area contributed by atoms with Crippen LogP contribution in [0.1, 0.15) is 23.9 Å². The lowest BCUT2D eigenvalue weighted by molar-refractivity contribution is 0.132. The molecule has 3 rings (SSSR count). The highest BCUT2D eigenvalue weighted by molar-refractivity contribution is 5.22. The Labute approximate surface area is 138 Å². The van der Waals surface area contributed by atoms with Gasteiger partial charge in [0.25, 0.3) is 0 Å². The second-order valence-electron chi connectivity index (χ2n) is 6.17. The molecule has 1 aromatic heterocycles. The number of likely N-dealkylation sites (N-methyl/N-ethyl adjacent to an activating group) is 1. The van der Waals surface area contributed by atoms with E-state index in [0.717, 1.165) is 25.5 Å². The summed E-state index contributed by atoms with van der Waals surface area (Å²) < 4.78 is 0. The van der Waals surface area contributed by atoms with Gasteiger partial charge >= 0.3 is 0 Å². The van der Waals surface area contributed by atoms with Crippen molar-refractivity contribution >= 4 is 0 Å². The van der Waals surface area contributed by atoms with Gasteiger partial charge in [-0.05, 0) is 17.7 Å². The van der Waals surface area contributed by atoms with Crippen molar-refractivity contribution < 1.29 is 0 Å². The van der Waals surface area contributed by atoms with Crippen LogP contribution in [0, 0.1) is 0 Å². The fourth-order valence-corrected chi connectivity index (χ4v) is 3.00. The first-order chi connectivity index (χ1) is 11.3. The Hall–Kier alpha value is -1.69. The lowest BCUT2D eigenvalue weighted by atomic mass is 10.1. The van der Waals surface area contributed by atoms with E-state index in [9.17, 15) is 0 Å². The summed E-state index contributed by atoms with van der Waals surface area (Å²) in [6, 6.07) is 8.98. The van der Waals surface area contributed by atoms with Gasteiger partial charge in [0.1, 0.15) is 5.82 Å². The molecule has 1 aromatic carbocycles. The molecule has 0 amide bonds. The van der Waals surface area contributed by atoms with Crippen LogP contribution >= 0.6 is 0 Å². The first kappa shape index (κ1) is 16.2. The fraction of sp³-hybridized carbons (Fsp3) is 0.500. The largest absolute Gasteiger partial charge is 0.348 e. The van der Waals surface area contributed by atoms with E-state index in [-0.39, 0.29) is 0 Å². The summed E-state index contributed by atoms with van der Waals surface area (Å²) in [5.74, 6) is 0.979. The van der Waals surface area contributed by atoms with Crippen LogP contribution in [0.4, 0.5) is 0 Å². The zero-order valence-electron chi connectivity index (χ0n) is 14.0. The topological polar surface area (TPSA) is 47.2 Å². The predicted molar refractivity (Wildman–Crippen MR) is 93.0 cm³/mol. The van der Waals surface area contributed by atoms with Crippen LogP contribution < -0.4 is 5.32 Å². The smallest absolute Gasteiger partial charge is 0.120 e. The summed E-state index contributed by atoms with van der Waals surface area (Å²) in [5, 5.41) is 3.41. The maximum Gasteiger partial charge on any atom is 0.120 e. The zero-order chi connectivity index (χ0) is 15.9. The van der Waals surface area contributed by atoms with Gasteiger partial charge < -0.3 is 15.2 Å². The molecule has 1 saturated heterocycles. The van der Waals surface area contributed by atoms with E-state index in [4.69, 9.17) is 0 Å². The Morgan fingerprint density at radius 3 is 2.35 bits per heavy atom. The normalized spacial score (nSPS) is 16.7. The molecule has 0 bridgehead atoms. The summed E-state index contributed by atoms with van der Waals surface area (Å²) >= 11 is 0. The molecule has 5 nitrogen and oxygen atoms in total. The summed E-state index contributed by atoms with van der Waals surface area (Å²) in [4.78, 5) is 12.4. The standard InChI is InChI=1S/C18H27N5/c1-2-22-9-11-23(12-10-22)15-17-5-3-16(4-6-17)13-19-14-18-20-7-8-21-18/h3-8,19H,2,9-15H2,1H3,(H,20,21). The van der Waals surface area contributed by atoms with Gasteiger partial charge in [0.15, 0.2) is 0 Å². The SMILES string of the molecule is CCN1CCN(Cc2ccc(CNCc3ncc[nH]3)cc2)CC1. The molecular weight excluding hydrogens is 286 g/mol. The zero-order valence-corrected chi connectivity index (χ0v) is 14.0. The predicted octanol–water partition coefficient (Wildman–Crippen LogP) is 1.84. The van der Waals surface area contributed by atoms with E-state index < -0.39 is 0 Å². The molecule has 1 aliphatic heterocycles. The minimum atomic E-state index is 0.774. The van der Waals surface area contributed by atoms with Gasteiger partial charge in [-0.3, -0.25) is 4.90 Å². The number of benzene rings is 1. The van der Waals surface area contributed by atoms with Crippen molar-refractivity contribution in [2.45, 2.75) is 26.6 Å². The van der Waals surface area contributed by atoms with Gasteiger partial charge in [-0.15, -0.1) is 0 Å². The molecular formula is C18H27N5. The Morgan fingerprint density at radius 2 is 1.70 bits per heavy atom. The van der Waals surface area contributed by atoms with Crippen molar-refractivity contribution in [2.75, 3.05) is 32.7 Å². The second-order valence-corrected chi connectivity index (χ2v) is 6.17. The van der Waals surface area contributed by atoms with Crippen molar-refractivity contribution in [2.24, 2.45) is 0 Å². The molecule has 2 N–H and O–H groups in total. The first-order valence-electron chi connectivity index (χ1n) is 8.55. The number of rotatable bonds is 7. The highest BCUT2D eigenvalue weighted by atomic mass is 15.3. The van der Waals surface area contributed by atoms with Crippen molar-refractivity contribution in [3.05, 3.63) is 53.6 Å². The number of piperazine rings is 1. The fourth-order valence-electron chi connectivity index (χ4n) is 3.00. The van der Waals surface area contributed by atoms with Crippen molar-refractivity contribution in [3.63, 3.8) is 0 Å². The third-order valence-electron chi connectivity index (χ3n) is 4.52. The molecule has 0 spiro atoms. The van der Waals surface area contributed by atoms with Gasteiger partial charge in [-0.2, -0.15) is 0 Å². The molecule has 5 heteroatoms. The second kappa shape index (κ2) is 8.24. The molecule has 2 heterocycles. The number of nitrogens with one attached hydrogen (secondary N) is 2. The lowest BCUT2D eigenvalue weighted by Gasteiger charge is -2.34. The van der Waals surface area contributed by atoms with Crippen LogP contribution in [-0.4, -0.2) is 52.5 Å². The molecule has 1 aliphatic rings. The number of hydrogen-bond donors (Lipinski definition) is 2. The summed E-state index contributed by atoms with van der Waals surface area (Å²) in [6.07, 6.45) is 3.64. The minimum Gasteiger partial charge on any atom is -0.348 e. The van der Waals surface area contributed by atoms with E-state index in [1.165, 1.54) is 43.9 Å². The van der Waals surface area contributed by atoms with Crippen LogP contribution in [0.15, 0.2) is 36.7 Å². The molecule has 2 aromatic rings. The van der Waals surface area contributed by atoms with E-state index in [1.54, 1.807) is 6.20 Å². The number of aromatic amines is 1. The summed E-state index contributed by atoms with van der Waals surface area (Å²) in [5.41, 5.74) is 2.72. The maximum absolute atomic E-state index is 4.21. The minimum absolute atomic E-state index is 0.774. The Bertz CT molecular complexity index is 556. The number of H-pyrrole nitrogens is 1. The summed E-state index contributed by atoms with van der Waals surface area (Å²) in [6.45, 7) is 10.9. The van der Waals surface area contributed by atoms with Gasteiger partial charge in [-0.25, -0.2) is 4.98 Å². The van der Waals surface area contributed by atoms with Gasteiger partial charge in [-0.1, -0.05) is 31.2 Å². The number of imidazole rings is 1. The molecule has 0 aliphatic carbocycles. The van der Waals surface area contributed by atoms with Crippen LogP contribution in [0.3, 0.4) is 0 Å². The Balaban J connectivity index is 1.42. The average molecular weight is 313 g/mol. The van der Waals surface area contributed by atoms with Gasteiger partial charge in [0.2, 0.25) is 0 Å². The average Bonchev–Trinajstić information content (AvgIpc) is 3.11. The van der Waals surface area contributed by atoms with Crippen LogP contribution in [-0.2, 0) is 19.6 Å². The third-order valence-corrected chi connectivity index (χ3v) is 4.52. The van der Waals surface area contributed by atoms with E-state index in [1.807, 2.05) is 6.20 Å². The molecule has 124 valence electrons. The molecule has 1 fully saturated rings. The van der Waals surface area contributed by atoms with Crippen molar-refractivity contribution in [1.82, 2.24) is 25.1 Å². The number of aromatic nitrogens is 2. The molecule has 0 unspecified atom stereocenters. The van der Waals surface area contributed by atoms with Gasteiger partial charge in [0, 0.05) is 51.7 Å². The molecule has 0 atom stereocenters. The molecule has 23 heavy (non-hydrogen) atoms. The van der Waals surface area contributed by atoms with E-state index >= 15 is 0 Å². The quantitative estimate of drug-likeness (QED) is 0.819. The Kier molecular flexibility index (Phi) is 5.80. The highest BCUT2D eigenvalue weighted by Gasteiger charge is 2.15. The highest BCUT2D eigenvalue weighted by Crippen LogP contribution is 2.10. The molecule has 0 saturated carbocycles. The van der Waals surface area contributed by atoms with E-state index in [2.05, 4.69) is 56.3 Å². The van der Waals surface area contributed by atoms with Crippen LogP contribution in [0.2, 0.25) is 0 Å². The monoisotopic (exact) mass is 313 g/mol. The lowest BCUT2D eigenvalue weighted by Crippen LogP contribution is -2.45. The van der Waals surface area contributed by atoms with Crippen LogP contribution in [0.25, 0.3) is 0 Å². The number of nitrogens with zero attached hydrogens (tertiary/aromatic N) is 3. The third kappa shape index (κ3) is 4.89. The van der Waals surface area contributed by atoms with Crippen molar-refractivity contribution in [1.29, 1.82) is 0 Å². The van der Waals surface area contributed by atoms with Gasteiger partial charge in [0.05, 0.1) is 6.54 Å². The first-order valence-corrected chi connectivity index (χ1v) is 8.55.